The molecule has 0 spiro atoms. The maximum absolute atomic E-state index is 4.53. The Labute approximate surface area is 77.6 Å². The van der Waals surface area contributed by atoms with Crippen molar-refractivity contribution in [1.29, 1.82) is 0 Å². The molecular weight excluding hydrogens is 170 g/mol. The topological polar surface area (TPSA) is 27.6 Å². The number of amidine groups is 1. The number of nitrogens with zero attached hydrogens (tertiary/aromatic N) is 2. The van der Waals surface area contributed by atoms with Crippen LogP contribution in [0.25, 0.3) is 0 Å². The van der Waals surface area contributed by atoms with E-state index in [1.54, 1.807) is 0 Å². The first-order valence-corrected chi connectivity index (χ1v) is 5.58. The minimum atomic E-state index is 1.03. The van der Waals surface area contributed by atoms with Gasteiger partial charge >= 0.3 is 0 Å². The number of nitrogens with one attached hydrogen (secondary N) is 1. The fraction of sp³-hybridized carbons (Fsp3) is 0.875. The van der Waals surface area contributed by atoms with Gasteiger partial charge in [-0.3, -0.25) is 4.99 Å². The third-order valence-electron chi connectivity index (χ3n) is 2.17. The lowest BCUT2D eigenvalue weighted by Crippen LogP contribution is -2.46. The highest BCUT2D eigenvalue weighted by atomic mass is 32.2. The van der Waals surface area contributed by atoms with Crippen LogP contribution in [0.4, 0.5) is 0 Å². The molecule has 2 heterocycles. The molecule has 0 aromatic heterocycles. The number of aliphatic imine (C=N–C) groups is 1. The van der Waals surface area contributed by atoms with E-state index in [2.05, 4.69) is 15.2 Å². The molecule has 68 valence electrons. The molecule has 2 aliphatic rings. The Balaban J connectivity index is 1.92. The molecule has 2 rings (SSSR count). The highest BCUT2D eigenvalue weighted by Gasteiger charge is 2.16. The molecule has 1 fully saturated rings. The predicted octanol–water partition coefficient (Wildman–Crippen LogP) is 0.385. The maximum atomic E-state index is 4.53. The average Bonchev–Trinajstić information content (AvgIpc) is 2.21. The zero-order valence-electron chi connectivity index (χ0n) is 7.25. The van der Waals surface area contributed by atoms with Crippen molar-refractivity contribution in [3.05, 3.63) is 0 Å². The molecular formula is C8H15N3S. The summed E-state index contributed by atoms with van der Waals surface area (Å²) in [4.78, 5) is 6.93. The molecule has 4 heteroatoms. The van der Waals surface area contributed by atoms with Crippen molar-refractivity contribution in [2.75, 3.05) is 38.5 Å². The van der Waals surface area contributed by atoms with Gasteiger partial charge in [-0.2, -0.15) is 0 Å². The summed E-state index contributed by atoms with van der Waals surface area (Å²) in [5.74, 6) is 1.25. The summed E-state index contributed by atoms with van der Waals surface area (Å²) in [6.45, 7) is 5.52. The molecule has 0 aliphatic carbocycles. The second kappa shape index (κ2) is 4.14. The average molecular weight is 185 g/mol. The van der Waals surface area contributed by atoms with Crippen LogP contribution in [0.15, 0.2) is 4.99 Å². The lowest BCUT2D eigenvalue weighted by molar-refractivity contribution is 0.362. The van der Waals surface area contributed by atoms with Crippen molar-refractivity contribution in [3.8, 4) is 0 Å². The lowest BCUT2D eigenvalue weighted by Gasteiger charge is -2.31. The Hall–Kier alpha value is -0.220. The van der Waals surface area contributed by atoms with Gasteiger partial charge < -0.3 is 10.2 Å². The number of piperazine rings is 1. The molecule has 0 saturated carbocycles. The Morgan fingerprint density at radius 3 is 2.83 bits per heavy atom. The summed E-state index contributed by atoms with van der Waals surface area (Å²) in [5.41, 5.74) is 0. The van der Waals surface area contributed by atoms with E-state index in [0.29, 0.717) is 0 Å². The Kier molecular flexibility index (Phi) is 2.89. The van der Waals surface area contributed by atoms with Crippen LogP contribution in [0.1, 0.15) is 6.42 Å². The van der Waals surface area contributed by atoms with E-state index >= 15 is 0 Å². The van der Waals surface area contributed by atoms with Gasteiger partial charge in [0.05, 0.1) is 0 Å². The van der Waals surface area contributed by atoms with E-state index in [1.807, 2.05) is 11.8 Å². The van der Waals surface area contributed by atoms with Crippen molar-refractivity contribution in [2.45, 2.75) is 6.42 Å². The molecule has 12 heavy (non-hydrogen) atoms. The standard InChI is InChI=1S/C8H15N3S/c1-2-10-8(12-7-1)11-5-3-9-4-6-11/h9H,1-7H2. The molecule has 1 saturated heterocycles. The molecule has 0 aromatic carbocycles. The van der Waals surface area contributed by atoms with Crippen molar-refractivity contribution in [2.24, 2.45) is 4.99 Å². The molecule has 0 bridgehead atoms. The molecule has 2 aliphatic heterocycles. The summed E-state index contributed by atoms with van der Waals surface area (Å²) in [6, 6.07) is 0. The molecule has 0 aromatic rings. The summed E-state index contributed by atoms with van der Waals surface area (Å²) in [7, 11) is 0. The summed E-state index contributed by atoms with van der Waals surface area (Å²) < 4.78 is 0. The Morgan fingerprint density at radius 1 is 1.33 bits per heavy atom. The fourth-order valence-corrected chi connectivity index (χ4v) is 2.50. The Morgan fingerprint density at radius 2 is 2.17 bits per heavy atom. The third-order valence-corrected chi connectivity index (χ3v) is 3.31. The summed E-state index contributed by atoms with van der Waals surface area (Å²) >= 11 is 1.92. The number of hydrogen-bond acceptors (Lipinski definition) is 4. The van der Waals surface area contributed by atoms with Gasteiger partial charge in [0.1, 0.15) is 0 Å². The minimum Gasteiger partial charge on any atom is -0.349 e. The highest BCUT2D eigenvalue weighted by molar-refractivity contribution is 8.13. The first-order chi connectivity index (χ1) is 5.97. The second-order valence-electron chi connectivity index (χ2n) is 3.10. The van der Waals surface area contributed by atoms with Crippen LogP contribution in [-0.2, 0) is 0 Å². The van der Waals surface area contributed by atoms with Gasteiger partial charge in [0.15, 0.2) is 5.17 Å². The van der Waals surface area contributed by atoms with Gasteiger partial charge in [0.2, 0.25) is 0 Å². The van der Waals surface area contributed by atoms with Crippen LogP contribution < -0.4 is 5.32 Å². The van der Waals surface area contributed by atoms with Gasteiger partial charge in [-0.25, -0.2) is 0 Å². The van der Waals surface area contributed by atoms with Gasteiger partial charge in [-0.1, -0.05) is 11.8 Å². The quantitative estimate of drug-likeness (QED) is 0.591. The fourth-order valence-electron chi connectivity index (χ4n) is 1.50. The van der Waals surface area contributed by atoms with E-state index in [4.69, 9.17) is 0 Å². The first-order valence-electron chi connectivity index (χ1n) is 4.60. The van der Waals surface area contributed by atoms with E-state index in [9.17, 15) is 0 Å². The van der Waals surface area contributed by atoms with Crippen molar-refractivity contribution in [3.63, 3.8) is 0 Å². The van der Waals surface area contributed by atoms with Crippen LogP contribution in [0.3, 0.4) is 0 Å². The maximum Gasteiger partial charge on any atom is 0.159 e. The molecule has 0 radical (unpaired) electrons. The predicted molar refractivity (Wildman–Crippen MR) is 53.8 cm³/mol. The zero-order valence-corrected chi connectivity index (χ0v) is 8.07. The summed E-state index contributed by atoms with van der Waals surface area (Å²) in [5, 5.41) is 4.63. The smallest absolute Gasteiger partial charge is 0.159 e. The Bertz CT molecular complexity index is 175. The van der Waals surface area contributed by atoms with Gasteiger partial charge in [-0.15, -0.1) is 0 Å². The van der Waals surface area contributed by atoms with Gasteiger partial charge in [0.25, 0.3) is 0 Å². The highest BCUT2D eigenvalue weighted by Crippen LogP contribution is 2.15. The van der Waals surface area contributed by atoms with Crippen LogP contribution in [0.5, 0.6) is 0 Å². The normalized spacial score (nSPS) is 25.3. The number of rotatable bonds is 0. The van der Waals surface area contributed by atoms with Crippen LogP contribution in [0.2, 0.25) is 0 Å². The van der Waals surface area contributed by atoms with Crippen LogP contribution in [-0.4, -0.2) is 48.5 Å². The van der Waals surface area contributed by atoms with Crippen molar-refractivity contribution in [1.82, 2.24) is 10.2 Å². The molecule has 0 unspecified atom stereocenters. The first kappa shape index (κ1) is 8.38. The SMILES string of the molecule is C1CN=C(N2CCNCC2)SC1. The monoisotopic (exact) mass is 185 g/mol. The molecule has 1 N–H and O–H groups in total. The van der Waals surface area contributed by atoms with E-state index < -0.39 is 0 Å². The number of thioether (sulfide) groups is 1. The van der Waals surface area contributed by atoms with E-state index in [1.165, 1.54) is 17.3 Å². The minimum absolute atomic E-state index is 1.03. The van der Waals surface area contributed by atoms with Crippen molar-refractivity contribution >= 4 is 16.9 Å². The molecule has 0 atom stereocenters. The number of hydrogen-bond donors (Lipinski definition) is 1. The molecule has 0 amide bonds. The molecule has 3 nitrogen and oxygen atoms in total. The van der Waals surface area contributed by atoms with E-state index in [-0.39, 0.29) is 0 Å². The summed E-state index contributed by atoms with van der Waals surface area (Å²) in [6.07, 6.45) is 1.25. The van der Waals surface area contributed by atoms with Crippen LogP contribution in [0, 0.1) is 0 Å². The van der Waals surface area contributed by atoms with Crippen molar-refractivity contribution < 1.29 is 0 Å². The largest absolute Gasteiger partial charge is 0.349 e. The van der Waals surface area contributed by atoms with Gasteiger partial charge in [-0.05, 0) is 6.42 Å². The van der Waals surface area contributed by atoms with Gasteiger partial charge in [0, 0.05) is 38.5 Å². The second-order valence-corrected chi connectivity index (χ2v) is 4.17. The third kappa shape index (κ3) is 1.93. The lowest BCUT2D eigenvalue weighted by atomic mass is 10.4. The van der Waals surface area contributed by atoms with E-state index in [0.717, 1.165) is 32.7 Å². The van der Waals surface area contributed by atoms with Crippen LogP contribution >= 0.6 is 11.8 Å². The zero-order chi connectivity index (χ0) is 8.23.